The van der Waals surface area contributed by atoms with Crippen LogP contribution < -0.4 is 15.4 Å². The zero-order valence-electron chi connectivity index (χ0n) is 17.1. The number of hydrogen-bond acceptors (Lipinski definition) is 4. The number of carbonyl (C=O) groups excluding carboxylic acids is 2. The van der Waals surface area contributed by atoms with Crippen molar-refractivity contribution >= 4 is 46.1 Å². The third-order valence-corrected chi connectivity index (χ3v) is 4.87. The number of pyridine rings is 1. The van der Waals surface area contributed by atoms with E-state index in [2.05, 4.69) is 20.6 Å². The summed E-state index contributed by atoms with van der Waals surface area (Å²) < 4.78 is 5.76. The van der Waals surface area contributed by atoms with Gasteiger partial charge in [0.2, 0.25) is 5.91 Å². The highest BCUT2D eigenvalue weighted by Gasteiger charge is 2.07. The number of aromatic nitrogens is 2. The molecule has 0 aliphatic carbocycles. The van der Waals surface area contributed by atoms with Crippen LogP contribution in [0.15, 0.2) is 73.1 Å². The number of fused-ring (bicyclic) bond motifs is 1. The Bertz CT molecular complexity index is 1310. The molecule has 2 aromatic heterocycles. The number of halogens is 1. The lowest BCUT2D eigenvalue weighted by molar-refractivity contribution is -0.111. The molecular formula is C24H19ClN4O3. The Labute approximate surface area is 189 Å². The highest BCUT2D eigenvalue weighted by atomic mass is 35.5. The summed E-state index contributed by atoms with van der Waals surface area (Å²) in [5.74, 6) is 0.483. The second kappa shape index (κ2) is 9.36. The van der Waals surface area contributed by atoms with E-state index in [0.717, 1.165) is 16.5 Å². The fourth-order valence-electron chi connectivity index (χ4n) is 3.07. The van der Waals surface area contributed by atoms with Crippen molar-refractivity contribution in [2.45, 2.75) is 0 Å². The number of hydrogen-bond donors (Lipinski definition) is 3. The standard InChI is InChI=1S/C24H19ClN4O3/c1-26-24(31)22-13-19(10-11-27-22)32-18-6-4-17(5-7-18)29-23(30)9-2-15-14-28-21-8-3-16(25)12-20(15)21/h2-14,28H,1H3,(H,26,31)(H,29,30)/b9-2+. The van der Waals surface area contributed by atoms with Gasteiger partial charge in [-0.1, -0.05) is 11.6 Å². The summed E-state index contributed by atoms with van der Waals surface area (Å²) in [7, 11) is 1.54. The molecule has 0 aliphatic heterocycles. The summed E-state index contributed by atoms with van der Waals surface area (Å²) in [4.78, 5) is 31.1. The smallest absolute Gasteiger partial charge is 0.269 e. The van der Waals surface area contributed by atoms with Gasteiger partial charge in [-0.05, 0) is 60.2 Å². The number of anilines is 1. The van der Waals surface area contributed by atoms with Crippen molar-refractivity contribution in [1.82, 2.24) is 15.3 Å². The quantitative estimate of drug-likeness (QED) is 0.362. The molecule has 0 aliphatic rings. The molecule has 0 atom stereocenters. The van der Waals surface area contributed by atoms with Crippen LogP contribution in [0.5, 0.6) is 11.5 Å². The van der Waals surface area contributed by atoms with Gasteiger partial charge in [0, 0.05) is 53.2 Å². The SMILES string of the molecule is CNC(=O)c1cc(Oc2ccc(NC(=O)/C=C/c3c[nH]c4ccc(Cl)cc34)cc2)ccn1. The van der Waals surface area contributed by atoms with Crippen LogP contribution in [0.25, 0.3) is 17.0 Å². The molecule has 2 amide bonds. The molecule has 2 heterocycles. The van der Waals surface area contributed by atoms with Gasteiger partial charge in [0.15, 0.2) is 0 Å². The molecule has 7 nitrogen and oxygen atoms in total. The Balaban J connectivity index is 1.39. The lowest BCUT2D eigenvalue weighted by Crippen LogP contribution is -2.18. The lowest BCUT2D eigenvalue weighted by atomic mass is 10.1. The van der Waals surface area contributed by atoms with E-state index in [1.807, 2.05) is 24.4 Å². The highest BCUT2D eigenvalue weighted by Crippen LogP contribution is 2.24. The van der Waals surface area contributed by atoms with E-state index in [1.54, 1.807) is 42.5 Å². The second-order valence-corrected chi connectivity index (χ2v) is 7.28. The van der Waals surface area contributed by atoms with Gasteiger partial charge in [0.25, 0.3) is 5.91 Å². The summed E-state index contributed by atoms with van der Waals surface area (Å²) in [6, 6.07) is 15.7. The van der Waals surface area contributed by atoms with Crippen molar-refractivity contribution in [2.24, 2.45) is 0 Å². The molecule has 0 fully saturated rings. The molecule has 0 bridgehead atoms. The molecule has 32 heavy (non-hydrogen) atoms. The molecule has 3 N–H and O–H groups in total. The molecule has 0 radical (unpaired) electrons. The third-order valence-electron chi connectivity index (χ3n) is 4.64. The first-order valence-corrected chi connectivity index (χ1v) is 10.1. The summed E-state index contributed by atoms with van der Waals surface area (Å²) >= 11 is 6.06. The minimum atomic E-state index is -0.294. The maximum atomic E-state index is 12.3. The van der Waals surface area contributed by atoms with Crippen molar-refractivity contribution in [3.8, 4) is 11.5 Å². The maximum absolute atomic E-state index is 12.3. The van der Waals surface area contributed by atoms with Crippen molar-refractivity contribution < 1.29 is 14.3 Å². The summed E-state index contributed by atoms with van der Waals surface area (Å²) in [5, 5.41) is 6.90. The zero-order valence-corrected chi connectivity index (χ0v) is 17.8. The molecule has 4 aromatic rings. The van der Waals surface area contributed by atoms with Gasteiger partial charge in [-0.3, -0.25) is 14.6 Å². The fourth-order valence-corrected chi connectivity index (χ4v) is 3.24. The van der Waals surface area contributed by atoms with Crippen LogP contribution in [0.3, 0.4) is 0 Å². The van der Waals surface area contributed by atoms with Crippen molar-refractivity contribution in [3.63, 3.8) is 0 Å². The van der Waals surface area contributed by atoms with E-state index in [1.165, 1.54) is 19.3 Å². The number of ether oxygens (including phenoxy) is 1. The van der Waals surface area contributed by atoms with Gasteiger partial charge < -0.3 is 20.4 Å². The predicted molar refractivity (Wildman–Crippen MR) is 125 cm³/mol. The van der Waals surface area contributed by atoms with E-state index >= 15 is 0 Å². The zero-order chi connectivity index (χ0) is 22.5. The van der Waals surface area contributed by atoms with Crippen LogP contribution in [0.1, 0.15) is 16.1 Å². The topological polar surface area (TPSA) is 96.1 Å². The Morgan fingerprint density at radius 3 is 2.66 bits per heavy atom. The highest BCUT2D eigenvalue weighted by molar-refractivity contribution is 6.31. The number of amides is 2. The molecule has 0 saturated carbocycles. The van der Waals surface area contributed by atoms with Gasteiger partial charge in [-0.2, -0.15) is 0 Å². The van der Waals surface area contributed by atoms with Gasteiger partial charge in [0.1, 0.15) is 17.2 Å². The number of nitrogens with zero attached hydrogens (tertiary/aromatic N) is 1. The monoisotopic (exact) mass is 446 g/mol. The largest absolute Gasteiger partial charge is 0.457 e. The van der Waals surface area contributed by atoms with E-state index in [-0.39, 0.29) is 17.5 Å². The normalized spacial score (nSPS) is 10.9. The predicted octanol–water partition coefficient (Wildman–Crippen LogP) is 5.02. The van der Waals surface area contributed by atoms with Crippen LogP contribution >= 0.6 is 11.6 Å². The summed E-state index contributed by atoms with van der Waals surface area (Å²) in [6.45, 7) is 0. The Morgan fingerprint density at radius 1 is 1.06 bits per heavy atom. The molecule has 2 aromatic carbocycles. The van der Waals surface area contributed by atoms with Gasteiger partial charge in [0.05, 0.1) is 0 Å². The average molecular weight is 447 g/mol. The first-order chi connectivity index (χ1) is 15.5. The number of carbonyl (C=O) groups is 2. The van der Waals surface area contributed by atoms with E-state index in [4.69, 9.17) is 16.3 Å². The number of H-pyrrole nitrogens is 1. The average Bonchev–Trinajstić information content (AvgIpc) is 3.20. The molecule has 8 heteroatoms. The lowest BCUT2D eigenvalue weighted by Gasteiger charge is -2.08. The minimum Gasteiger partial charge on any atom is -0.457 e. The first-order valence-electron chi connectivity index (χ1n) is 9.73. The van der Waals surface area contributed by atoms with Gasteiger partial charge >= 0.3 is 0 Å². The van der Waals surface area contributed by atoms with E-state index in [0.29, 0.717) is 22.2 Å². The maximum Gasteiger partial charge on any atom is 0.269 e. The fraction of sp³-hybridized carbons (Fsp3) is 0.0417. The Morgan fingerprint density at radius 2 is 1.88 bits per heavy atom. The molecule has 0 spiro atoms. The molecule has 0 saturated heterocycles. The number of benzene rings is 2. The minimum absolute atomic E-state index is 0.262. The van der Waals surface area contributed by atoms with Crippen LogP contribution in [0.2, 0.25) is 5.02 Å². The number of nitrogens with one attached hydrogen (secondary N) is 3. The number of rotatable bonds is 6. The summed E-state index contributed by atoms with van der Waals surface area (Å²) in [6.07, 6.45) is 6.52. The molecule has 0 unspecified atom stereocenters. The van der Waals surface area contributed by atoms with Crippen molar-refractivity contribution in [2.75, 3.05) is 12.4 Å². The van der Waals surface area contributed by atoms with Crippen LogP contribution in [0, 0.1) is 0 Å². The molecule has 160 valence electrons. The first kappa shape index (κ1) is 21.1. The van der Waals surface area contributed by atoms with Crippen molar-refractivity contribution in [1.29, 1.82) is 0 Å². The van der Waals surface area contributed by atoms with Gasteiger partial charge in [-0.25, -0.2) is 0 Å². The third kappa shape index (κ3) is 4.96. The van der Waals surface area contributed by atoms with Gasteiger partial charge in [-0.15, -0.1) is 0 Å². The Kier molecular flexibility index (Phi) is 6.19. The van der Waals surface area contributed by atoms with Crippen LogP contribution in [-0.2, 0) is 4.79 Å². The van der Waals surface area contributed by atoms with E-state index < -0.39 is 0 Å². The summed E-state index contributed by atoms with van der Waals surface area (Å²) in [5.41, 5.74) is 2.70. The Hall–Kier alpha value is -4.10. The second-order valence-electron chi connectivity index (χ2n) is 6.84. The van der Waals surface area contributed by atoms with E-state index in [9.17, 15) is 9.59 Å². The van der Waals surface area contributed by atoms with Crippen LogP contribution in [-0.4, -0.2) is 28.8 Å². The van der Waals surface area contributed by atoms with Crippen molar-refractivity contribution in [3.05, 3.63) is 89.3 Å². The van der Waals surface area contributed by atoms with Crippen LogP contribution in [0.4, 0.5) is 5.69 Å². The molecule has 4 rings (SSSR count). The molecular weight excluding hydrogens is 428 g/mol. The number of aromatic amines is 1.